The molecule has 2 aliphatic heterocycles. The molecule has 2 aliphatic rings. The highest BCUT2D eigenvalue weighted by molar-refractivity contribution is 6.00. The largest absolute Gasteiger partial charge is 0.507 e. The third-order valence-corrected chi connectivity index (χ3v) is 6.66. The zero-order valence-electron chi connectivity index (χ0n) is 18.6. The van der Waals surface area contributed by atoms with Crippen molar-refractivity contribution >= 4 is 16.6 Å². The number of nitrogens with one attached hydrogen (secondary N) is 1. The van der Waals surface area contributed by atoms with E-state index in [1.165, 1.54) is 6.07 Å². The van der Waals surface area contributed by atoms with Crippen LogP contribution < -0.4 is 5.32 Å². The molecule has 2 N–H and O–H groups in total. The van der Waals surface area contributed by atoms with Crippen molar-refractivity contribution < 1.29 is 23.0 Å². The number of likely N-dealkylation sites (tertiary alicyclic amines) is 1. The summed E-state index contributed by atoms with van der Waals surface area (Å²) in [6.45, 7) is 3.58. The van der Waals surface area contributed by atoms with E-state index in [4.69, 9.17) is 4.74 Å². The Bertz CT molecular complexity index is 1170. The Labute approximate surface area is 195 Å². The van der Waals surface area contributed by atoms with Gasteiger partial charge in [0.15, 0.2) is 5.82 Å². The fourth-order valence-corrected chi connectivity index (χ4v) is 4.91. The number of phenolic OH excluding ortho intramolecular Hbond substituents is 1. The molecule has 2 aromatic heterocycles. The first-order valence-electron chi connectivity index (χ1n) is 11.5. The van der Waals surface area contributed by atoms with Gasteiger partial charge in [-0.3, -0.25) is 9.88 Å². The molecular weight excluding hydrogens is 447 g/mol. The first-order valence-corrected chi connectivity index (χ1v) is 11.5. The van der Waals surface area contributed by atoms with E-state index in [2.05, 4.69) is 25.4 Å². The summed E-state index contributed by atoms with van der Waals surface area (Å²) < 4.78 is 44.5. The van der Waals surface area contributed by atoms with Crippen LogP contribution in [0.2, 0.25) is 0 Å². The second-order valence-electron chi connectivity index (χ2n) is 8.87. The van der Waals surface area contributed by atoms with Crippen molar-refractivity contribution in [1.29, 1.82) is 0 Å². The van der Waals surface area contributed by atoms with Crippen LogP contribution in [0, 0.1) is 0 Å². The Morgan fingerprint density at radius 1 is 1.06 bits per heavy atom. The summed E-state index contributed by atoms with van der Waals surface area (Å²) in [5.74, 6) is 0.0828. The van der Waals surface area contributed by atoms with E-state index in [1.807, 2.05) is 0 Å². The van der Waals surface area contributed by atoms with E-state index in [0.29, 0.717) is 34.4 Å². The number of rotatable bonds is 4. The van der Waals surface area contributed by atoms with Crippen LogP contribution in [0.5, 0.6) is 5.75 Å². The van der Waals surface area contributed by atoms with E-state index in [1.54, 1.807) is 18.5 Å². The Kier molecular flexibility index (Phi) is 6.26. The molecule has 4 heterocycles. The lowest BCUT2D eigenvalue weighted by Gasteiger charge is -2.40. The SMILES string of the molecule is Oc1cc(C(F)(F)F)ccc1-c1nnc(N[C@@H]2CCCN(C3CCOCC3)C2)c2cnccc12. The van der Waals surface area contributed by atoms with Crippen molar-refractivity contribution in [1.82, 2.24) is 20.1 Å². The van der Waals surface area contributed by atoms with E-state index in [-0.39, 0.29) is 11.6 Å². The molecule has 0 unspecified atom stereocenters. The number of piperidine rings is 1. The first-order chi connectivity index (χ1) is 16.4. The summed E-state index contributed by atoms with van der Waals surface area (Å²) in [7, 11) is 0. The quantitative estimate of drug-likeness (QED) is 0.578. The molecule has 3 aromatic rings. The van der Waals surface area contributed by atoms with Crippen LogP contribution in [-0.4, -0.2) is 63.6 Å². The highest BCUT2D eigenvalue weighted by Crippen LogP contribution is 2.38. The maximum Gasteiger partial charge on any atom is 0.416 e. The molecule has 34 heavy (non-hydrogen) atoms. The van der Waals surface area contributed by atoms with Crippen LogP contribution >= 0.6 is 0 Å². The molecule has 5 rings (SSSR count). The average Bonchev–Trinajstić information content (AvgIpc) is 2.85. The van der Waals surface area contributed by atoms with Gasteiger partial charge in [0, 0.05) is 60.6 Å². The van der Waals surface area contributed by atoms with Crippen LogP contribution in [0.1, 0.15) is 31.2 Å². The lowest BCUT2D eigenvalue weighted by Crippen LogP contribution is -2.48. The maximum absolute atomic E-state index is 13.0. The van der Waals surface area contributed by atoms with Gasteiger partial charge >= 0.3 is 6.18 Å². The lowest BCUT2D eigenvalue weighted by molar-refractivity contribution is -0.137. The number of aromatic nitrogens is 3. The number of benzene rings is 1. The van der Waals surface area contributed by atoms with Gasteiger partial charge in [-0.2, -0.15) is 13.2 Å². The van der Waals surface area contributed by atoms with Gasteiger partial charge in [-0.05, 0) is 56.5 Å². The Balaban J connectivity index is 1.42. The van der Waals surface area contributed by atoms with Crippen molar-refractivity contribution in [3.8, 4) is 17.0 Å². The number of aromatic hydroxyl groups is 1. The molecule has 0 bridgehead atoms. The highest BCUT2D eigenvalue weighted by atomic mass is 19.4. The van der Waals surface area contributed by atoms with Crippen LogP contribution in [0.15, 0.2) is 36.7 Å². The first kappa shape index (κ1) is 22.8. The second-order valence-corrected chi connectivity index (χ2v) is 8.87. The molecule has 10 heteroatoms. The summed E-state index contributed by atoms with van der Waals surface area (Å²) >= 11 is 0. The van der Waals surface area contributed by atoms with Gasteiger partial charge in [-0.25, -0.2) is 0 Å². The molecule has 1 atom stereocenters. The van der Waals surface area contributed by atoms with Crippen LogP contribution in [-0.2, 0) is 10.9 Å². The van der Waals surface area contributed by atoms with Crippen molar-refractivity contribution in [2.75, 3.05) is 31.6 Å². The Hall–Kier alpha value is -2.98. The van der Waals surface area contributed by atoms with Gasteiger partial charge < -0.3 is 15.2 Å². The molecule has 7 nitrogen and oxygen atoms in total. The molecule has 0 radical (unpaired) electrons. The average molecular weight is 473 g/mol. The van der Waals surface area contributed by atoms with Gasteiger partial charge in [0.1, 0.15) is 11.4 Å². The fourth-order valence-electron chi connectivity index (χ4n) is 4.91. The number of fused-ring (bicyclic) bond motifs is 1. The fraction of sp³-hybridized carbons (Fsp3) is 0.458. The number of nitrogens with zero attached hydrogens (tertiary/aromatic N) is 4. The summed E-state index contributed by atoms with van der Waals surface area (Å²) in [5, 5.41) is 23.9. The monoisotopic (exact) mass is 473 g/mol. The second kappa shape index (κ2) is 9.34. The van der Waals surface area contributed by atoms with Crippen LogP contribution in [0.25, 0.3) is 22.0 Å². The molecule has 180 valence electrons. The zero-order valence-corrected chi connectivity index (χ0v) is 18.6. The van der Waals surface area contributed by atoms with Gasteiger partial charge in [0.25, 0.3) is 0 Å². The van der Waals surface area contributed by atoms with E-state index in [0.717, 1.165) is 58.1 Å². The minimum atomic E-state index is -4.54. The molecule has 0 spiro atoms. The van der Waals surface area contributed by atoms with Crippen LogP contribution in [0.4, 0.5) is 19.0 Å². The van der Waals surface area contributed by atoms with Gasteiger partial charge in [0.05, 0.1) is 5.56 Å². The standard InChI is InChI=1S/C24H26F3N5O2/c25-24(26,27)15-3-4-19(21(33)12-15)22-18-5-8-28-13-20(18)23(31-30-22)29-16-2-1-9-32(14-16)17-6-10-34-11-7-17/h3-5,8,12-13,16-17,33H,1-2,6-7,9-11,14H2,(H,29,31)/t16-/m1/s1. The normalized spacial score (nSPS) is 20.5. The number of hydrogen-bond donors (Lipinski definition) is 2. The number of alkyl halides is 3. The minimum absolute atomic E-state index is 0.187. The number of anilines is 1. The van der Waals surface area contributed by atoms with Crippen molar-refractivity contribution in [3.05, 3.63) is 42.2 Å². The topological polar surface area (TPSA) is 83.4 Å². The maximum atomic E-state index is 13.0. The van der Waals surface area contributed by atoms with Gasteiger partial charge in [-0.15, -0.1) is 10.2 Å². The van der Waals surface area contributed by atoms with Crippen molar-refractivity contribution in [2.45, 2.75) is 43.9 Å². The number of pyridine rings is 1. The molecule has 2 saturated heterocycles. The molecule has 1 aromatic carbocycles. The van der Waals surface area contributed by atoms with E-state index in [9.17, 15) is 18.3 Å². The molecule has 0 aliphatic carbocycles. The van der Waals surface area contributed by atoms with E-state index < -0.39 is 17.5 Å². The molecule has 2 fully saturated rings. The molecular formula is C24H26F3N5O2. The predicted molar refractivity (Wildman–Crippen MR) is 121 cm³/mol. The predicted octanol–water partition coefficient (Wildman–Crippen LogP) is 4.47. The zero-order chi connectivity index (χ0) is 23.7. The number of phenols is 1. The lowest BCUT2D eigenvalue weighted by atomic mass is 9.99. The minimum Gasteiger partial charge on any atom is -0.507 e. The summed E-state index contributed by atoms with van der Waals surface area (Å²) in [6, 6.07) is 5.33. The number of hydrogen-bond acceptors (Lipinski definition) is 7. The summed E-state index contributed by atoms with van der Waals surface area (Å²) in [6.07, 6.45) is 2.89. The van der Waals surface area contributed by atoms with Crippen molar-refractivity contribution in [2.24, 2.45) is 0 Å². The van der Waals surface area contributed by atoms with Crippen LogP contribution in [0.3, 0.4) is 0 Å². The Morgan fingerprint density at radius 3 is 2.65 bits per heavy atom. The number of ether oxygens (including phenoxy) is 1. The summed E-state index contributed by atoms with van der Waals surface area (Å²) in [5.41, 5.74) is -0.425. The van der Waals surface area contributed by atoms with Gasteiger partial charge in [-0.1, -0.05) is 0 Å². The third kappa shape index (κ3) is 4.65. The Morgan fingerprint density at radius 2 is 1.88 bits per heavy atom. The highest BCUT2D eigenvalue weighted by Gasteiger charge is 2.32. The summed E-state index contributed by atoms with van der Waals surface area (Å²) in [4.78, 5) is 6.74. The van der Waals surface area contributed by atoms with Gasteiger partial charge in [0.2, 0.25) is 0 Å². The smallest absolute Gasteiger partial charge is 0.416 e. The third-order valence-electron chi connectivity index (χ3n) is 6.66. The molecule has 0 saturated carbocycles. The number of halogens is 3. The van der Waals surface area contributed by atoms with Crippen molar-refractivity contribution in [3.63, 3.8) is 0 Å². The van der Waals surface area contributed by atoms with E-state index >= 15 is 0 Å². The molecule has 0 amide bonds.